The Hall–Kier alpha value is -1.88. The number of carboxylic acids is 1. The van der Waals surface area contributed by atoms with E-state index in [1.165, 1.54) is 12.1 Å². The number of aromatic nitrogens is 2. The Morgan fingerprint density at radius 2 is 2.16 bits per heavy atom. The highest BCUT2D eigenvalue weighted by molar-refractivity contribution is 6.31. The molecule has 0 amide bonds. The number of halogens is 2. The molecule has 0 radical (unpaired) electrons. The summed E-state index contributed by atoms with van der Waals surface area (Å²) < 4.78 is 15.2. The van der Waals surface area contributed by atoms with Crippen LogP contribution < -0.4 is 0 Å². The van der Waals surface area contributed by atoms with Crippen molar-refractivity contribution in [3.63, 3.8) is 0 Å². The Balaban J connectivity index is 2.40. The molecule has 0 aliphatic rings. The Morgan fingerprint density at radius 1 is 1.47 bits per heavy atom. The summed E-state index contributed by atoms with van der Waals surface area (Å²) in [7, 11) is 0. The van der Waals surface area contributed by atoms with Gasteiger partial charge in [0.25, 0.3) is 0 Å². The second-order valence-corrected chi connectivity index (χ2v) is 4.63. The van der Waals surface area contributed by atoms with E-state index in [9.17, 15) is 9.18 Å². The standard InChI is InChI=1S/C13H12ClFN2O2/c1-7-12(14)8(2)17(16-7)6-10-5-9(13(18)19)3-4-11(10)15/h3-5H,6H2,1-2H3,(H,18,19). The normalized spacial score (nSPS) is 10.7. The fraction of sp³-hybridized carbons (Fsp3) is 0.231. The summed E-state index contributed by atoms with van der Waals surface area (Å²) in [5.41, 5.74) is 1.69. The number of carbonyl (C=O) groups is 1. The fourth-order valence-corrected chi connectivity index (χ4v) is 1.95. The molecule has 2 aromatic rings. The van der Waals surface area contributed by atoms with Crippen LogP contribution in [0.5, 0.6) is 0 Å². The maximum atomic E-state index is 13.7. The Labute approximate surface area is 114 Å². The van der Waals surface area contributed by atoms with Crippen molar-refractivity contribution in [2.24, 2.45) is 0 Å². The van der Waals surface area contributed by atoms with Gasteiger partial charge in [0.1, 0.15) is 5.82 Å². The minimum Gasteiger partial charge on any atom is -0.478 e. The van der Waals surface area contributed by atoms with Crippen molar-refractivity contribution >= 4 is 17.6 Å². The molecule has 6 heteroatoms. The van der Waals surface area contributed by atoms with Gasteiger partial charge in [-0.2, -0.15) is 5.10 Å². The quantitative estimate of drug-likeness (QED) is 0.941. The second kappa shape index (κ2) is 5.01. The first-order chi connectivity index (χ1) is 8.90. The lowest BCUT2D eigenvalue weighted by Crippen LogP contribution is -2.07. The maximum Gasteiger partial charge on any atom is 0.335 e. The summed E-state index contributed by atoms with van der Waals surface area (Å²) in [5, 5.41) is 13.6. The highest BCUT2D eigenvalue weighted by atomic mass is 35.5. The summed E-state index contributed by atoms with van der Waals surface area (Å²) in [6, 6.07) is 3.68. The first-order valence-corrected chi connectivity index (χ1v) is 5.99. The van der Waals surface area contributed by atoms with E-state index in [1.807, 2.05) is 0 Å². The summed E-state index contributed by atoms with van der Waals surface area (Å²) in [4.78, 5) is 10.9. The molecule has 0 saturated carbocycles. The molecule has 100 valence electrons. The molecule has 0 fully saturated rings. The molecule has 0 unspecified atom stereocenters. The van der Waals surface area contributed by atoms with E-state index in [4.69, 9.17) is 16.7 Å². The lowest BCUT2D eigenvalue weighted by atomic mass is 10.1. The summed E-state index contributed by atoms with van der Waals surface area (Å²) >= 11 is 6.01. The van der Waals surface area contributed by atoms with Gasteiger partial charge in [0.15, 0.2) is 0 Å². The Bertz CT molecular complexity index is 652. The topological polar surface area (TPSA) is 55.1 Å². The Kier molecular flexibility index (Phi) is 3.57. The average molecular weight is 283 g/mol. The predicted octanol–water partition coefficient (Wildman–Crippen LogP) is 3.04. The van der Waals surface area contributed by atoms with Gasteiger partial charge in [-0.1, -0.05) is 11.6 Å². The largest absolute Gasteiger partial charge is 0.478 e. The van der Waals surface area contributed by atoms with Gasteiger partial charge in [-0.25, -0.2) is 9.18 Å². The molecule has 1 aromatic carbocycles. The third kappa shape index (κ3) is 2.61. The van der Waals surface area contributed by atoms with E-state index in [0.29, 0.717) is 10.7 Å². The molecule has 4 nitrogen and oxygen atoms in total. The van der Waals surface area contributed by atoms with Gasteiger partial charge in [-0.3, -0.25) is 4.68 Å². The van der Waals surface area contributed by atoms with Gasteiger partial charge < -0.3 is 5.11 Å². The van der Waals surface area contributed by atoms with Gasteiger partial charge >= 0.3 is 5.97 Å². The number of aromatic carboxylic acids is 1. The zero-order chi connectivity index (χ0) is 14.2. The monoisotopic (exact) mass is 282 g/mol. The first kappa shape index (κ1) is 13.5. The number of benzene rings is 1. The third-order valence-electron chi connectivity index (χ3n) is 2.91. The molecule has 0 spiro atoms. The smallest absolute Gasteiger partial charge is 0.335 e. The van der Waals surface area contributed by atoms with E-state index in [0.717, 1.165) is 11.8 Å². The summed E-state index contributed by atoms with van der Waals surface area (Å²) in [6.07, 6.45) is 0. The Morgan fingerprint density at radius 3 is 2.68 bits per heavy atom. The zero-order valence-corrected chi connectivity index (χ0v) is 11.2. The van der Waals surface area contributed by atoms with Crippen molar-refractivity contribution in [3.05, 3.63) is 51.6 Å². The van der Waals surface area contributed by atoms with Crippen LogP contribution in [0.4, 0.5) is 4.39 Å². The van der Waals surface area contributed by atoms with Crippen molar-refractivity contribution in [1.82, 2.24) is 9.78 Å². The molecule has 0 aliphatic heterocycles. The molecule has 1 heterocycles. The number of aryl methyl sites for hydroxylation is 1. The predicted molar refractivity (Wildman–Crippen MR) is 69.2 cm³/mol. The highest BCUT2D eigenvalue weighted by Gasteiger charge is 2.13. The van der Waals surface area contributed by atoms with E-state index in [2.05, 4.69) is 5.10 Å². The fourth-order valence-electron chi connectivity index (χ4n) is 1.82. The lowest BCUT2D eigenvalue weighted by molar-refractivity contribution is 0.0696. The van der Waals surface area contributed by atoms with Crippen LogP contribution in [0, 0.1) is 19.7 Å². The van der Waals surface area contributed by atoms with Crippen LogP contribution in [0.1, 0.15) is 27.3 Å². The van der Waals surface area contributed by atoms with Crippen LogP contribution in [-0.4, -0.2) is 20.9 Å². The van der Waals surface area contributed by atoms with Crippen molar-refractivity contribution < 1.29 is 14.3 Å². The second-order valence-electron chi connectivity index (χ2n) is 4.25. The van der Waals surface area contributed by atoms with Gasteiger partial charge in [0, 0.05) is 5.56 Å². The molecule has 0 aliphatic carbocycles. The van der Waals surface area contributed by atoms with Crippen LogP contribution in [0.25, 0.3) is 0 Å². The zero-order valence-electron chi connectivity index (χ0n) is 10.4. The van der Waals surface area contributed by atoms with E-state index in [-0.39, 0.29) is 17.7 Å². The van der Waals surface area contributed by atoms with Crippen LogP contribution in [0.2, 0.25) is 5.02 Å². The number of hydrogen-bond donors (Lipinski definition) is 1. The molecule has 0 atom stereocenters. The van der Waals surface area contributed by atoms with Crippen molar-refractivity contribution in [3.8, 4) is 0 Å². The third-order valence-corrected chi connectivity index (χ3v) is 3.45. The lowest BCUT2D eigenvalue weighted by Gasteiger charge is -2.07. The van der Waals surface area contributed by atoms with Crippen LogP contribution in [0.15, 0.2) is 18.2 Å². The minimum absolute atomic E-state index is 0.0454. The van der Waals surface area contributed by atoms with E-state index >= 15 is 0 Å². The molecule has 2 rings (SSSR count). The van der Waals surface area contributed by atoms with Crippen molar-refractivity contribution in [2.75, 3.05) is 0 Å². The molecule has 0 saturated heterocycles. The molecular weight excluding hydrogens is 271 g/mol. The maximum absolute atomic E-state index is 13.7. The first-order valence-electron chi connectivity index (χ1n) is 5.61. The van der Waals surface area contributed by atoms with Gasteiger partial charge in [0.2, 0.25) is 0 Å². The van der Waals surface area contributed by atoms with Crippen LogP contribution in [-0.2, 0) is 6.54 Å². The molecule has 1 aromatic heterocycles. The highest BCUT2D eigenvalue weighted by Crippen LogP contribution is 2.21. The van der Waals surface area contributed by atoms with Crippen molar-refractivity contribution in [2.45, 2.75) is 20.4 Å². The summed E-state index contributed by atoms with van der Waals surface area (Å²) in [6.45, 7) is 3.68. The van der Waals surface area contributed by atoms with E-state index in [1.54, 1.807) is 18.5 Å². The number of nitrogens with zero attached hydrogens (tertiary/aromatic N) is 2. The van der Waals surface area contributed by atoms with Crippen LogP contribution in [0.3, 0.4) is 0 Å². The molecule has 0 bridgehead atoms. The SMILES string of the molecule is Cc1nn(Cc2cc(C(=O)O)ccc2F)c(C)c1Cl. The number of rotatable bonds is 3. The number of hydrogen-bond acceptors (Lipinski definition) is 2. The van der Waals surface area contributed by atoms with Gasteiger partial charge in [-0.15, -0.1) is 0 Å². The molecule has 1 N–H and O–H groups in total. The summed E-state index contributed by atoms with van der Waals surface area (Å²) in [5.74, 6) is -1.55. The number of carboxylic acid groups (broad SMARTS) is 1. The average Bonchev–Trinajstić information content (AvgIpc) is 2.59. The van der Waals surface area contributed by atoms with Crippen molar-refractivity contribution in [1.29, 1.82) is 0 Å². The molecular formula is C13H12ClFN2O2. The van der Waals surface area contributed by atoms with E-state index < -0.39 is 11.8 Å². The molecule has 19 heavy (non-hydrogen) atoms. The van der Waals surface area contributed by atoms with Gasteiger partial charge in [0.05, 0.1) is 28.5 Å². The van der Waals surface area contributed by atoms with Gasteiger partial charge in [-0.05, 0) is 32.0 Å². The minimum atomic E-state index is -1.09. The van der Waals surface area contributed by atoms with Crippen LogP contribution >= 0.6 is 11.6 Å².